The van der Waals surface area contributed by atoms with Gasteiger partial charge in [0, 0.05) is 18.3 Å². The van der Waals surface area contributed by atoms with Crippen LogP contribution in [0, 0.1) is 12.3 Å². The number of hydrogen-bond donors (Lipinski definition) is 1. The minimum Gasteiger partial charge on any atom is -0.493 e. The van der Waals surface area contributed by atoms with Crippen LogP contribution in [-0.4, -0.2) is 32.3 Å². The van der Waals surface area contributed by atoms with E-state index < -0.39 is 0 Å². The van der Waals surface area contributed by atoms with Gasteiger partial charge in [0.1, 0.15) is 0 Å². The number of rotatable bonds is 9. The quantitative estimate of drug-likeness (QED) is 0.560. The van der Waals surface area contributed by atoms with Gasteiger partial charge in [-0.1, -0.05) is 18.9 Å². The second-order valence-electron chi connectivity index (χ2n) is 4.29. The standard InChI is InChI=1S/C16H23NO2S/c1-5-10-20-11-9-17-14(6-2)13-7-8-15(18-3)16(12-13)19-4/h1,7-8,12,14,17H,6,9-11H2,2-4H3. The summed E-state index contributed by atoms with van der Waals surface area (Å²) < 4.78 is 10.6. The normalized spacial score (nSPS) is 11.7. The van der Waals surface area contributed by atoms with Crippen LogP contribution < -0.4 is 14.8 Å². The van der Waals surface area contributed by atoms with Crippen molar-refractivity contribution in [3.63, 3.8) is 0 Å². The van der Waals surface area contributed by atoms with E-state index in [1.165, 1.54) is 5.56 Å². The van der Waals surface area contributed by atoms with Crippen molar-refractivity contribution in [3.8, 4) is 23.8 Å². The Labute approximate surface area is 126 Å². The van der Waals surface area contributed by atoms with Crippen LogP contribution in [0.1, 0.15) is 24.9 Å². The maximum Gasteiger partial charge on any atom is 0.161 e. The first-order valence-electron chi connectivity index (χ1n) is 6.73. The van der Waals surface area contributed by atoms with Crippen LogP contribution in [0.25, 0.3) is 0 Å². The molecule has 1 atom stereocenters. The van der Waals surface area contributed by atoms with E-state index in [0.717, 1.165) is 36.0 Å². The molecule has 0 aliphatic heterocycles. The number of methoxy groups -OCH3 is 2. The van der Waals surface area contributed by atoms with Crippen LogP contribution in [0.4, 0.5) is 0 Å². The topological polar surface area (TPSA) is 30.5 Å². The smallest absolute Gasteiger partial charge is 0.161 e. The molecule has 1 aromatic rings. The summed E-state index contributed by atoms with van der Waals surface area (Å²) in [5, 5.41) is 3.55. The number of benzene rings is 1. The van der Waals surface area contributed by atoms with E-state index in [1.807, 2.05) is 12.1 Å². The van der Waals surface area contributed by atoms with Gasteiger partial charge in [0.15, 0.2) is 11.5 Å². The summed E-state index contributed by atoms with van der Waals surface area (Å²) in [6.45, 7) is 3.11. The minimum atomic E-state index is 0.321. The van der Waals surface area contributed by atoms with Gasteiger partial charge in [0.2, 0.25) is 0 Å². The van der Waals surface area contributed by atoms with Gasteiger partial charge in [-0.2, -0.15) is 0 Å². The summed E-state index contributed by atoms with van der Waals surface area (Å²) in [5.74, 6) is 5.96. The van der Waals surface area contributed by atoms with E-state index >= 15 is 0 Å². The van der Waals surface area contributed by atoms with E-state index in [1.54, 1.807) is 26.0 Å². The lowest BCUT2D eigenvalue weighted by Gasteiger charge is -2.19. The molecule has 0 radical (unpaired) electrons. The molecule has 0 saturated carbocycles. The maximum atomic E-state index is 5.35. The molecule has 110 valence electrons. The van der Waals surface area contributed by atoms with E-state index in [4.69, 9.17) is 15.9 Å². The zero-order chi connectivity index (χ0) is 14.8. The lowest BCUT2D eigenvalue weighted by atomic mass is 10.0. The van der Waals surface area contributed by atoms with Gasteiger partial charge < -0.3 is 14.8 Å². The largest absolute Gasteiger partial charge is 0.493 e. The van der Waals surface area contributed by atoms with Crippen molar-refractivity contribution in [2.24, 2.45) is 0 Å². The van der Waals surface area contributed by atoms with Gasteiger partial charge in [-0.15, -0.1) is 18.2 Å². The van der Waals surface area contributed by atoms with Crippen LogP contribution in [-0.2, 0) is 0 Å². The molecule has 0 aliphatic carbocycles. The van der Waals surface area contributed by atoms with Gasteiger partial charge >= 0.3 is 0 Å². The summed E-state index contributed by atoms with van der Waals surface area (Å²) >= 11 is 1.77. The molecule has 0 aliphatic rings. The molecule has 0 saturated heterocycles. The molecule has 3 nitrogen and oxygen atoms in total. The van der Waals surface area contributed by atoms with Crippen molar-refractivity contribution < 1.29 is 9.47 Å². The molecule has 0 aromatic heterocycles. The first-order chi connectivity index (χ1) is 9.76. The molecule has 0 fully saturated rings. The fraction of sp³-hybridized carbons (Fsp3) is 0.500. The zero-order valence-electron chi connectivity index (χ0n) is 12.4. The van der Waals surface area contributed by atoms with Gasteiger partial charge in [0.05, 0.1) is 20.0 Å². The Hall–Kier alpha value is -1.31. The predicted molar refractivity (Wildman–Crippen MR) is 86.7 cm³/mol. The highest BCUT2D eigenvalue weighted by Gasteiger charge is 2.12. The Morgan fingerprint density at radius 1 is 1.30 bits per heavy atom. The molecule has 0 spiro atoms. The molecule has 4 heteroatoms. The van der Waals surface area contributed by atoms with Gasteiger partial charge in [0.25, 0.3) is 0 Å². The summed E-state index contributed by atoms with van der Waals surface area (Å²) in [4.78, 5) is 0. The highest BCUT2D eigenvalue weighted by Crippen LogP contribution is 2.30. The molecule has 0 bridgehead atoms. The van der Waals surface area contributed by atoms with Crippen molar-refractivity contribution in [2.45, 2.75) is 19.4 Å². The molecule has 0 heterocycles. The molecule has 0 amide bonds. The Balaban J connectivity index is 2.63. The fourth-order valence-electron chi connectivity index (χ4n) is 2.00. The number of ether oxygens (including phenoxy) is 2. The van der Waals surface area contributed by atoms with Crippen molar-refractivity contribution >= 4 is 11.8 Å². The number of thioether (sulfide) groups is 1. The lowest BCUT2D eigenvalue weighted by molar-refractivity contribution is 0.353. The maximum absolute atomic E-state index is 5.35. The second kappa shape index (κ2) is 9.57. The molecular formula is C16H23NO2S. The van der Waals surface area contributed by atoms with Crippen LogP contribution >= 0.6 is 11.8 Å². The second-order valence-corrected chi connectivity index (χ2v) is 5.39. The summed E-state index contributed by atoms with van der Waals surface area (Å²) in [7, 11) is 3.31. The Bertz CT molecular complexity index is 443. The van der Waals surface area contributed by atoms with Crippen LogP contribution in [0.2, 0.25) is 0 Å². The van der Waals surface area contributed by atoms with Gasteiger partial charge in [-0.3, -0.25) is 0 Å². The van der Waals surface area contributed by atoms with Gasteiger partial charge in [-0.25, -0.2) is 0 Å². The summed E-state index contributed by atoms with van der Waals surface area (Å²) in [6, 6.07) is 6.39. The third-order valence-corrected chi connectivity index (χ3v) is 3.90. The number of terminal acetylenes is 1. The van der Waals surface area contributed by atoms with Crippen molar-refractivity contribution in [1.82, 2.24) is 5.32 Å². The number of hydrogen-bond acceptors (Lipinski definition) is 4. The molecule has 1 unspecified atom stereocenters. The Kier molecular flexibility index (Phi) is 8.01. The average Bonchev–Trinajstić information content (AvgIpc) is 2.50. The molecule has 20 heavy (non-hydrogen) atoms. The SMILES string of the molecule is C#CCSCCNC(CC)c1ccc(OC)c(OC)c1. The number of nitrogens with one attached hydrogen (secondary N) is 1. The van der Waals surface area contributed by atoms with E-state index in [2.05, 4.69) is 24.2 Å². The van der Waals surface area contributed by atoms with E-state index in [9.17, 15) is 0 Å². The van der Waals surface area contributed by atoms with E-state index in [0.29, 0.717) is 6.04 Å². The Morgan fingerprint density at radius 2 is 2.05 bits per heavy atom. The first kappa shape index (κ1) is 16.7. The Morgan fingerprint density at radius 3 is 2.65 bits per heavy atom. The average molecular weight is 293 g/mol. The van der Waals surface area contributed by atoms with Crippen molar-refractivity contribution in [1.29, 1.82) is 0 Å². The molecule has 1 rings (SSSR count). The third kappa shape index (κ3) is 4.99. The first-order valence-corrected chi connectivity index (χ1v) is 7.88. The zero-order valence-corrected chi connectivity index (χ0v) is 13.3. The molecular weight excluding hydrogens is 270 g/mol. The van der Waals surface area contributed by atoms with Crippen LogP contribution in [0.5, 0.6) is 11.5 Å². The molecule has 1 N–H and O–H groups in total. The van der Waals surface area contributed by atoms with Gasteiger partial charge in [-0.05, 0) is 24.1 Å². The van der Waals surface area contributed by atoms with Crippen molar-refractivity contribution in [2.75, 3.05) is 32.3 Å². The summed E-state index contributed by atoms with van der Waals surface area (Å²) in [6.07, 6.45) is 6.25. The third-order valence-electron chi connectivity index (χ3n) is 3.04. The summed E-state index contributed by atoms with van der Waals surface area (Å²) in [5.41, 5.74) is 1.21. The monoisotopic (exact) mass is 293 g/mol. The van der Waals surface area contributed by atoms with Crippen molar-refractivity contribution in [3.05, 3.63) is 23.8 Å². The highest BCUT2D eigenvalue weighted by atomic mass is 32.2. The highest BCUT2D eigenvalue weighted by molar-refractivity contribution is 7.99. The van der Waals surface area contributed by atoms with Crippen LogP contribution in [0.3, 0.4) is 0 Å². The predicted octanol–water partition coefficient (Wildman–Crippen LogP) is 3.11. The minimum absolute atomic E-state index is 0.321. The van der Waals surface area contributed by atoms with Crippen LogP contribution in [0.15, 0.2) is 18.2 Å². The molecule has 1 aromatic carbocycles. The van der Waals surface area contributed by atoms with E-state index in [-0.39, 0.29) is 0 Å². The fourth-order valence-corrected chi connectivity index (χ4v) is 2.53. The lowest BCUT2D eigenvalue weighted by Crippen LogP contribution is -2.23.